The third kappa shape index (κ3) is 2.74. The van der Waals surface area contributed by atoms with Gasteiger partial charge in [0.15, 0.2) is 0 Å². The molecule has 18 heavy (non-hydrogen) atoms. The molecule has 0 aliphatic rings. The Morgan fingerprint density at radius 2 is 2.00 bits per heavy atom. The van der Waals surface area contributed by atoms with E-state index in [-0.39, 0.29) is 12.1 Å². The second-order valence-corrected chi connectivity index (χ2v) is 5.20. The Hall–Kier alpha value is -0.910. The molecule has 5 heteroatoms. The number of nitrogens with one attached hydrogen (secondary N) is 1. The fourth-order valence-corrected chi connectivity index (χ4v) is 3.19. The van der Waals surface area contributed by atoms with E-state index in [9.17, 15) is 0 Å². The lowest BCUT2D eigenvalue weighted by atomic mass is 10.0. The molecular weight excluding hydrogens is 268 g/mol. The van der Waals surface area contributed by atoms with Crippen molar-refractivity contribution in [3.63, 3.8) is 0 Å². The second-order valence-electron chi connectivity index (χ2n) is 3.84. The Labute approximate surface area is 116 Å². The van der Waals surface area contributed by atoms with E-state index in [1.807, 2.05) is 41.8 Å². The molecule has 3 N–H and O–H groups in total. The zero-order valence-electron chi connectivity index (χ0n) is 9.97. The Kier molecular flexibility index (Phi) is 4.74. The molecule has 2 atom stereocenters. The summed E-state index contributed by atoms with van der Waals surface area (Å²) in [5.74, 6) is 5.66. The highest BCUT2D eigenvalue weighted by molar-refractivity contribution is 7.10. The van der Waals surface area contributed by atoms with E-state index in [4.69, 9.17) is 22.2 Å². The Balaban J connectivity index is 2.34. The Morgan fingerprint density at radius 1 is 1.28 bits per heavy atom. The molecular formula is C13H15ClN2OS. The smallest absolute Gasteiger partial charge is 0.104 e. The number of benzene rings is 1. The molecule has 3 nitrogen and oxygen atoms in total. The van der Waals surface area contributed by atoms with Crippen molar-refractivity contribution in [3.8, 4) is 0 Å². The van der Waals surface area contributed by atoms with Crippen LogP contribution in [0.1, 0.15) is 22.6 Å². The predicted molar refractivity (Wildman–Crippen MR) is 75.6 cm³/mol. The number of thiophene rings is 1. The van der Waals surface area contributed by atoms with E-state index in [0.717, 1.165) is 10.4 Å². The topological polar surface area (TPSA) is 47.3 Å². The molecule has 0 amide bonds. The first-order valence-electron chi connectivity index (χ1n) is 5.54. The van der Waals surface area contributed by atoms with Crippen molar-refractivity contribution in [2.45, 2.75) is 12.1 Å². The van der Waals surface area contributed by atoms with Crippen LogP contribution >= 0.6 is 22.9 Å². The third-order valence-electron chi connectivity index (χ3n) is 2.79. The molecule has 0 fully saturated rings. The van der Waals surface area contributed by atoms with Crippen molar-refractivity contribution in [1.29, 1.82) is 0 Å². The number of methoxy groups -OCH3 is 1. The largest absolute Gasteiger partial charge is 0.375 e. The van der Waals surface area contributed by atoms with Gasteiger partial charge in [-0.05, 0) is 17.0 Å². The summed E-state index contributed by atoms with van der Waals surface area (Å²) in [7, 11) is 1.67. The SMILES string of the molecule is COC(c1ccccc1)C(NN)c1sccc1Cl. The molecule has 0 spiro atoms. The van der Waals surface area contributed by atoms with Crippen LogP contribution in [0.2, 0.25) is 5.02 Å². The van der Waals surface area contributed by atoms with Gasteiger partial charge in [0.2, 0.25) is 0 Å². The minimum absolute atomic E-state index is 0.162. The number of ether oxygens (including phenoxy) is 1. The molecule has 0 saturated heterocycles. The van der Waals surface area contributed by atoms with E-state index < -0.39 is 0 Å². The quantitative estimate of drug-likeness (QED) is 0.653. The summed E-state index contributed by atoms with van der Waals surface area (Å²) >= 11 is 7.73. The van der Waals surface area contributed by atoms with Crippen LogP contribution < -0.4 is 11.3 Å². The van der Waals surface area contributed by atoms with Gasteiger partial charge in [-0.15, -0.1) is 11.3 Å². The van der Waals surface area contributed by atoms with Crippen LogP contribution in [0.5, 0.6) is 0 Å². The first kappa shape index (κ1) is 13.5. The maximum atomic E-state index is 6.16. The van der Waals surface area contributed by atoms with Crippen LogP contribution in [0.3, 0.4) is 0 Å². The van der Waals surface area contributed by atoms with Crippen LogP contribution in [0.25, 0.3) is 0 Å². The fraction of sp³-hybridized carbons (Fsp3) is 0.231. The molecule has 96 valence electrons. The minimum atomic E-state index is -0.174. The Bertz CT molecular complexity index is 489. The van der Waals surface area contributed by atoms with E-state index >= 15 is 0 Å². The maximum Gasteiger partial charge on any atom is 0.104 e. The molecule has 2 unspecified atom stereocenters. The second kappa shape index (κ2) is 6.31. The van der Waals surface area contributed by atoms with Gasteiger partial charge in [-0.25, -0.2) is 5.43 Å². The molecule has 1 heterocycles. The molecule has 0 radical (unpaired) electrons. The lowest BCUT2D eigenvalue weighted by Crippen LogP contribution is -2.33. The molecule has 2 aromatic rings. The number of hydrogen-bond donors (Lipinski definition) is 2. The first-order valence-corrected chi connectivity index (χ1v) is 6.80. The first-order chi connectivity index (χ1) is 8.77. The molecule has 0 aliphatic carbocycles. The highest BCUT2D eigenvalue weighted by atomic mass is 35.5. The number of rotatable bonds is 5. The zero-order valence-corrected chi connectivity index (χ0v) is 11.5. The van der Waals surface area contributed by atoms with Crippen molar-refractivity contribution in [1.82, 2.24) is 5.43 Å². The van der Waals surface area contributed by atoms with E-state index in [1.165, 1.54) is 0 Å². The molecule has 1 aromatic heterocycles. The van der Waals surface area contributed by atoms with Crippen LogP contribution in [-0.4, -0.2) is 7.11 Å². The van der Waals surface area contributed by atoms with E-state index in [1.54, 1.807) is 18.4 Å². The maximum absolute atomic E-state index is 6.16. The van der Waals surface area contributed by atoms with Gasteiger partial charge >= 0.3 is 0 Å². The van der Waals surface area contributed by atoms with Gasteiger partial charge in [0.25, 0.3) is 0 Å². The number of hydrogen-bond acceptors (Lipinski definition) is 4. The average molecular weight is 283 g/mol. The van der Waals surface area contributed by atoms with Crippen LogP contribution in [0.15, 0.2) is 41.8 Å². The normalized spacial score (nSPS) is 14.4. The summed E-state index contributed by atoms with van der Waals surface area (Å²) in [6, 6.07) is 11.7. The highest BCUT2D eigenvalue weighted by Gasteiger charge is 2.26. The van der Waals surface area contributed by atoms with Gasteiger partial charge in [-0.3, -0.25) is 5.84 Å². The number of nitrogens with two attached hydrogens (primary N) is 1. The van der Waals surface area contributed by atoms with Gasteiger partial charge < -0.3 is 4.74 Å². The number of halogens is 1. The molecule has 0 aliphatic heterocycles. The van der Waals surface area contributed by atoms with Crippen LogP contribution in [0.4, 0.5) is 0 Å². The average Bonchev–Trinajstić information content (AvgIpc) is 2.83. The van der Waals surface area contributed by atoms with Gasteiger partial charge in [0, 0.05) is 12.0 Å². The van der Waals surface area contributed by atoms with Crippen molar-refractivity contribution in [2.75, 3.05) is 7.11 Å². The zero-order chi connectivity index (χ0) is 13.0. The molecule has 2 rings (SSSR count). The molecule has 0 bridgehead atoms. The Morgan fingerprint density at radius 3 is 2.50 bits per heavy atom. The highest BCUT2D eigenvalue weighted by Crippen LogP contribution is 2.37. The molecule has 0 saturated carbocycles. The standard InChI is InChI=1S/C13H15ClN2OS/c1-17-12(9-5-3-2-4-6-9)11(16-15)13-10(14)7-8-18-13/h2-8,11-12,16H,15H2,1H3. The summed E-state index contributed by atoms with van der Waals surface area (Å²) in [6.07, 6.45) is -0.174. The van der Waals surface area contributed by atoms with Gasteiger partial charge in [0.05, 0.1) is 11.1 Å². The summed E-state index contributed by atoms with van der Waals surface area (Å²) in [4.78, 5) is 0.981. The summed E-state index contributed by atoms with van der Waals surface area (Å²) < 4.78 is 5.57. The fourth-order valence-electron chi connectivity index (χ4n) is 1.94. The summed E-state index contributed by atoms with van der Waals surface area (Å²) in [6.45, 7) is 0. The predicted octanol–water partition coefficient (Wildman–Crippen LogP) is 3.29. The summed E-state index contributed by atoms with van der Waals surface area (Å²) in [5.41, 5.74) is 3.86. The monoisotopic (exact) mass is 282 g/mol. The number of hydrazine groups is 1. The van der Waals surface area contributed by atoms with Crippen LogP contribution in [-0.2, 0) is 4.74 Å². The lowest BCUT2D eigenvalue weighted by Gasteiger charge is -2.25. The third-order valence-corrected chi connectivity index (χ3v) is 4.23. The van der Waals surface area contributed by atoms with Gasteiger partial charge in [-0.2, -0.15) is 0 Å². The lowest BCUT2D eigenvalue weighted by molar-refractivity contribution is 0.0688. The molecule has 1 aromatic carbocycles. The van der Waals surface area contributed by atoms with Crippen molar-refractivity contribution >= 4 is 22.9 Å². The van der Waals surface area contributed by atoms with E-state index in [0.29, 0.717) is 5.02 Å². The van der Waals surface area contributed by atoms with Crippen molar-refractivity contribution in [3.05, 3.63) is 57.2 Å². The van der Waals surface area contributed by atoms with Crippen molar-refractivity contribution < 1.29 is 4.74 Å². The van der Waals surface area contributed by atoms with Crippen LogP contribution in [0, 0.1) is 0 Å². The van der Waals surface area contributed by atoms with Crippen molar-refractivity contribution in [2.24, 2.45) is 5.84 Å². The van der Waals surface area contributed by atoms with Gasteiger partial charge in [-0.1, -0.05) is 41.9 Å². The summed E-state index contributed by atoms with van der Waals surface area (Å²) in [5, 5.41) is 2.65. The van der Waals surface area contributed by atoms with Gasteiger partial charge in [0.1, 0.15) is 6.10 Å². The minimum Gasteiger partial charge on any atom is -0.375 e. The van der Waals surface area contributed by atoms with E-state index in [2.05, 4.69) is 5.43 Å².